The first kappa shape index (κ1) is 21.0. The Bertz CT molecular complexity index is 473. The van der Waals surface area contributed by atoms with Crippen LogP contribution >= 0.6 is 12.2 Å². The molecule has 1 aromatic rings. The Kier molecular flexibility index (Phi) is 11.5. The molecule has 1 N–H and O–H groups in total. The quantitative estimate of drug-likeness (QED) is 0.326. The minimum atomic E-state index is 0.486. The maximum absolute atomic E-state index is 5.63. The molecule has 0 atom stereocenters. The molecule has 0 spiro atoms. The van der Waals surface area contributed by atoms with E-state index in [1.54, 1.807) is 0 Å². The van der Waals surface area contributed by atoms with E-state index in [9.17, 15) is 0 Å². The van der Waals surface area contributed by atoms with Crippen molar-refractivity contribution in [3.05, 3.63) is 29.3 Å². The molecule has 1 aromatic carbocycles. The fourth-order valence-electron chi connectivity index (χ4n) is 2.79. The number of rotatable bonds is 12. The number of ether oxygens (including phenoxy) is 1. The molecule has 2 nitrogen and oxygen atoms in total. The monoisotopic (exact) mass is 349 g/mol. The predicted molar refractivity (Wildman–Crippen MR) is 110 cm³/mol. The fourth-order valence-corrected chi connectivity index (χ4v) is 2.98. The van der Waals surface area contributed by atoms with Gasteiger partial charge in [-0.15, -0.1) is 0 Å². The second-order valence-electron chi connectivity index (χ2n) is 6.69. The van der Waals surface area contributed by atoms with E-state index < -0.39 is 0 Å². The molecule has 24 heavy (non-hydrogen) atoms. The maximum Gasteiger partial charge on any atom is 0.261 e. The van der Waals surface area contributed by atoms with Gasteiger partial charge in [0.25, 0.3) is 5.17 Å². The van der Waals surface area contributed by atoms with Gasteiger partial charge in [-0.2, -0.15) is 0 Å². The van der Waals surface area contributed by atoms with Crippen LogP contribution in [0, 0.1) is 13.8 Å². The summed E-state index contributed by atoms with van der Waals surface area (Å²) in [6.07, 6.45) is 13.3. The smallest absolute Gasteiger partial charge is 0.261 e. The summed E-state index contributed by atoms with van der Waals surface area (Å²) in [5.74, 6) is 0. The van der Waals surface area contributed by atoms with Crippen molar-refractivity contribution in [2.75, 3.05) is 11.9 Å². The molecule has 0 unspecified atom stereocenters. The Morgan fingerprint density at radius 3 is 2.12 bits per heavy atom. The van der Waals surface area contributed by atoms with Gasteiger partial charge in [-0.25, -0.2) is 0 Å². The van der Waals surface area contributed by atoms with Gasteiger partial charge in [0.1, 0.15) is 0 Å². The molecule has 3 heteroatoms. The Morgan fingerprint density at radius 1 is 0.917 bits per heavy atom. The van der Waals surface area contributed by atoms with E-state index in [1.807, 2.05) is 12.1 Å². The normalized spacial score (nSPS) is 10.6. The zero-order chi connectivity index (χ0) is 17.6. The number of hydrogen-bond acceptors (Lipinski definition) is 2. The lowest BCUT2D eigenvalue weighted by Crippen LogP contribution is -2.15. The number of hydrogen-bond donors (Lipinski definition) is 1. The number of benzene rings is 1. The van der Waals surface area contributed by atoms with E-state index in [0.29, 0.717) is 11.8 Å². The van der Waals surface area contributed by atoms with E-state index in [4.69, 9.17) is 17.0 Å². The summed E-state index contributed by atoms with van der Waals surface area (Å²) in [7, 11) is 0. The van der Waals surface area contributed by atoms with Crippen LogP contribution in [-0.4, -0.2) is 11.8 Å². The highest BCUT2D eigenvalue weighted by Crippen LogP contribution is 2.18. The van der Waals surface area contributed by atoms with E-state index in [2.05, 4.69) is 32.2 Å². The third-order valence-electron chi connectivity index (χ3n) is 4.57. The van der Waals surface area contributed by atoms with Gasteiger partial charge in [0, 0.05) is 5.69 Å². The van der Waals surface area contributed by atoms with Crippen LogP contribution in [0.2, 0.25) is 0 Å². The second-order valence-corrected chi connectivity index (χ2v) is 7.06. The van der Waals surface area contributed by atoms with Gasteiger partial charge in [0.05, 0.1) is 6.61 Å². The summed E-state index contributed by atoms with van der Waals surface area (Å²) in [5, 5.41) is 3.68. The first-order valence-corrected chi connectivity index (χ1v) is 10.1. The summed E-state index contributed by atoms with van der Waals surface area (Å²) in [5.41, 5.74) is 3.53. The molecule has 0 aliphatic heterocycles. The molecular weight excluding hydrogens is 314 g/mol. The second kappa shape index (κ2) is 13.2. The van der Waals surface area contributed by atoms with Crippen LogP contribution in [0.5, 0.6) is 0 Å². The van der Waals surface area contributed by atoms with Gasteiger partial charge in [0.2, 0.25) is 0 Å². The SMILES string of the molecule is CCCCCCCCCCCCOC(=S)Nc1cccc(C)c1C. The van der Waals surface area contributed by atoms with E-state index >= 15 is 0 Å². The van der Waals surface area contributed by atoms with Crippen LogP contribution in [0.4, 0.5) is 5.69 Å². The highest BCUT2D eigenvalue weighted by atomic mass is 32.1. The number of anilines is 1. The third-order valence-corrected chi connectivity index (χ3v) is 4.79. The maximum atomic E-state index is 5.63. The number of aryl methyl sites for hydroxylation is 1. The lowest BCUT2D eigenvalue weighted by Gasteiger charge is -2.13. The van der Waals surface area contributed by atoms with Gasteiger partial charge in [-0.3, -0.25) is 0 Å². The highest BCUT2D eigenvalue weighted by molar-refractivity contribution is 7.80. The number of thiocarbonyl (C=S) groups is 1. The van der Waals surface area contributed by atoms with Gasteiger partial charge >= 0.3 is 0 Å². The predicted octanol–water partition coefficient (Wildman–Crippen LogP) is 6.94. The summed E-state index contributed by atoms with van der Waals surface area (Å²) in [6.45, 7) is 7.19. The average molecular weight is 350 g/mol. The van der Waals surface area contributed by atoms with Crippen LogP contribution < -0.4 is 5.32 Å². The van der Waals surface area contributed by atoms with Gasteiger partial charge < -0.3 is 10.1 Å². The van der Waals surface area contributed by atoms with E-state index in [-0.39, 0.29) is 0 Å². The number of unbranched alkanes of at least 4 members (excludes halogenated alkanes) is 9. The van der Waals surface area contributed by atoms with Crippen molar-refractivity contribution in [2.45, 2.75) is 85.0 Å². The third kappa shape index (κ3) is 9.27. The molecule has 0 saturated carbocycles. The molecule has 0 fully saturated rings. The zero-order valence-corrected chi connectivity index (χ0v) is 16.6. The summed E-state index contributed by atoms with van der Waals surface area (Å²) >= 11 is 5.28. The Balaban J connectivity index is 1.99. The molecule has 1 rings (SSSR count). The Morgan fingerprint density at radius 2 is 1.50 bits per heavy atom. The molecule has 0 amide bonds. The Labute approximate surface area is 154 Å². The lowest BCUT2D eigenvalue weighted by atomic mass is 10.1. The summed E-state index contributed by atoms with van der Waals surface area (Å²) in [6, 6.07) is 6.18. The van der Waals surface area contributed by atoms with Crippen molar-refractivity contribution >= 4 is 23.1 Å². The van der Waals surface area contributed by atoms with Crippen LogP contribution in [0.3, 0.4) is 0 Å². The van der Waals surface area contributed by atoms with Crippen LogP contribution in [0.15, 0.2) is 18.2 Å². The lowest BCUT2D eigenvalue weighted by molar-refractivity contribution is 0.298. The van der Waals surface area contributed by atoms with Crippen molar-refractivity contribution in [2.24, 2.45) is 0 Å². The highest BCUT2D eigenvalue weighted by Gasteiger charge is 2.03. The van der Waals surface area contributed by atoms with Crippen LogP contribution in [0.25, 0.3) is 0 Å². The van der Waals surface area contributed by atoms with E-state index in [0.717, 1.165) is 12.1 Å². The molecule has 0 aliphatic carbocycles. The molecule has 0 aliphatic rings. The minimum Gasteiger partial charge on any atom is -0.471 e. The van der Waals surface area contributed by atoms with Crippen molar-refractivity contribution < 1.29 is 4.74 Å². The van der Waals surface area contributed by atoms with Crippen LogP contribution in [0.1, 0.15) is 82.3 Å². The average Bonchev–Trinajstić information content (AvgIpc) is 2.57. The molecule has 0 aromatic heterocycles. The molecule has 136 valence electrons. The first-order valence-electron chi connectivity index (χ1n) is 9.65. The van der Waals surface area contributed by atoms with Crippen LogP contribution in [-0.2, 0) is 4.74 Å². The summed E-state index contributed by atoms with van der Waals surface area (Å²) < 4.78 is 5.63. The molecular formula is C21H35NOS. The molecule has 0 radical (unpaired) electrons. The molecule has 0 bridgehead atoms. The van der Waals surface area contributed by atoms with Gasteiger partial charge in [-0.05, 0) is 49.7 Å². The summed E-state index contributed by atoms with van der Waals surface area (Å²) in [4.78, 5) is 0. The Hall–Kier alpha value is -1.09. The minimum absolute atomic E-state index is 0.486. The fraction of sp³-hybridized carbons (Fsp3) is 0.667. The van der Waals surface area contributed by atoms with Gasteiger partial charge in [-0.1, -0.05) is 76.8 Å². The van der Waals surface area contributed by atoms with Gasteiger partial charge in [0.15, 0.2) is 0 Å². The zero-order valence-electron chi connectivity index (χ0n) is 15.8. The first-order chi connectivity index (χ1) is 11.6. The standard InChI is InChI=1S/C21H35NOS/c1-4-5-6-7-8-9-10-11-12-13-17-23-21(24)22-20-16-14-15-18(2)19(20)3/h14-16H,4-13,17H2,1-3H3,(H,22,24). The molecule has 0 saturated heterocycles. The van der Waals surface area contributed by atoms with Crippen molar-refractivity contribution in [1.82, 2.24) is 0 Å². The topological polar surface area (TPSA) is 21.3 Å². The van der Waals surface area contributed by atoms with E-state index in [1.165, 1.54) is 68.9 Å². The van der Waals surface area contributed by atoms with Crippen molar-refractivity contribution in [1.29, 1.82) is 0 Å². The largest absolute Gasteiger partial charge is 0.471 e. The molecule has 0 heterocycles. The number of nitrogens with one attached hydrogen (secondary N) is 1. The van der Waals surface area contributed by atoms with Crippen molar-refractivity contribution in [3.63, 3.8) is 0 Å². The van der Waals surface area contributed by atoms with Crippen molar-refractivity contribution in [3.8, 4) is 0 Å².